The second-order valence-electron chi connectivity index (χ2n) is 6.70. The van der Waals surface area contributed by atoms with Gasteiger partial charge in [0.05, 0.1) is 31.2 Å². The Morgan fingerprint density at radius 2 is 2.17 bits per heavy atom. The average Bonchev–Trinajstić information content (AvgIpc) is 3.23. The lowest BCUT2D eigenvalue weighted by molar-refractivity contribution is -0.153. The number of hydrogen-bond donors (Lipinski definition) is 0. The number of benzene rings is 1. The summed E-state index contributed by atoms with van der Waals surface area (Å²) in [6.07, 6.45) is 3.53. The van der Waals surface area contributed by atoms with Crippen molar-refractivity contribution in [1.29, 1.82) is 0 Å². The highest BCUT2D eigenvalue weighted by Gasteiger charge is 2.67. The molecule has 1 aromatic rings. The number of nitrogens with zero attached hydrogens (tertiary/aromatic N) is 1. The van der Waals surface area contributed by atoms with Gasteiger partial charge in [-0.3, -0.25) is 9.59 Å². The molecule has 24 heavy (non-hydrogen) atoms. The summed E-state index contributed by atoms with van der Waals surface area (Å²) in [7, 11) is 0. The van der Waals surface area contributed by atoms with Crippen LogP contribution < -0.4 is 0 Å². The van der Waals surface area contributed by atoms with Crippen molar-refractivity contribution >= 4 is 11.9 Å². The Labute approximate surface area is 141 Å². The number of amides is 1. The molecule has 1 amide bonds. The fourth-order valence-electron chi connectivity index (χ4n) is 4.27. The third kappa shape index (κ3) is 2.04. The first-order chi connectivity index (χ1) is 11.6. The Kier molecular flexibility index (Phi) is 3.49. The number of carbonyl (C=O) groups is 2. The first kappa shape index (κ1) is 15.4. The minimum Gasteiger partial charge on any atom is -0.466 e. The smallest absolute Gasteiger partial charge is 0.312 e. The van der Waals surface area contributed by atoms with Crippen molar-refractivity contribution in [3.05, 3.63) is 48.0 Å². The van der Waals surface area contributed by atoms with Crippen LogP contribution in [0.5, 0.6) is 0 Å². The van der Waals surface area contributed by atoms with Gasteiger partial charge >= 0.3 is 5.97 Å². The second-order valence-corrected chi connectivity index (χ2v) is 6.70. The highest BCUT2D eigenvalue weighted by molar-refractivity contribution is 5.91. The van der Waals surface area contributed by atoms with Crippen molar-refractivity contribution in [1.82, 2.24) is 4.90 Å². The van der Waals surface area contributed by atoms with Gasteiger partial charge in [0.1, 0.15) is 11.5 Å². The van der Waals surface area contributed by atoms with Crippen LogP contribution in [0.15, 0.2) is 42.5 Å². The molecular weight excluding hydrogens is 306 g/mol. The third-order valence-corrected chi connectivity index (χ3v) is 5.44. The molecule has 2 fully saturated rings. The van der Waals surface area contributed by atoms with Crippen LogP contribution in [0.1, 0.15) is 25.5 Å². The van der Waals surface area contributed by atoms with Gasteiger partial charge in [0, 0.05) is 0 Å². The van der Waals surface area contributed by atoms with Crippen molar-refractivity contribution < 1.29 is 19.1 Å². The summed E-state index contributed by atoms with van der Waals surface area (Å²) in [5.74, 6) is -1.36. The van der Waals surface area contributed by atoms with Crippen LogP contribution in [-0.4, -0.2) is 41.6 Å². The molecule has 0 saturated carbocycles. The SMILES string of the molecule is CCOC(=O)C1[C@H]2C(=O)N(C(C)c3ccccc3)C[C@]23C=C[C@H]1O3. The number of fused-ring (bicyclic) bond motifs is 1. The summed E-state index contributed by atoms with van der Waals surface area (Å²) >= 11 is 0. The van der Waals surface area contributed by atoms with E-state index in [4.69, 9.17) is 9.47 Å². The van der Waals surface area contributed by atoms with Crippen molar-refractivity contribution in [2.45, 2.75) is 31.6 Å². The maximum absolute atomic E-state index is 13.1. The Bertz CT molecular complexity index is 701. The molecular formula is C19H21NO4. The molecule has 3 heterocycles. The standard InChI is InChI=1S/C19H21NO4/c1-3-23-18(22)15-14-9-10-19(24-14)11-20(17(21)16(15)19)12(2)13-7-5-4-6-8-13/h4-10,12,14-16H,3,11H2,1-2H3/t12?,14-,15?,16+,19-/m1/s1. The molecule has 0 N–H and O–H groups in total. The fourth-order valence-corrected chi connectivity index (χ4v) is 4.27. The van der Waals surface area contributed by atoms with E-state index in [-0.39, 0.29) is 24.0 Å². The second kappa shape index (κ2) is 5.45. The quantitative estimate of drug-likeness (QED) is 0.628. The van der Waals surface area contributed by atoms with E-state index in [0.29, 0.717) is 13.2 Å². The highest BCUT2D eigenvalue weighted by Crippen LogP contribution is 2.53. The Morgan fingerprint density at radius 3 is 2.88 bits per heavy atom. The Morgan fingerprint density at radius 1 is 1.42 bits per heavy atom. The van der Waals surface area contributed by atoms with Crippen LogP contribution in [0, 0.1) is 11.8 Å². The van der Waals surface area contributed by atoms with Gasteiger partial charge in [0.2, 0.25) is 5.91 Å². The van der Waals surface area contributed by atoms with Gasteiger partial charge in [-0.2, -0.15) is 0 Å². The van der Waals surface area contributed by atoms with Crippen LogP contribution in [0.3, 0.4) is 0 Å². The molecule has 3 aliphatic rings. The first-order valence-electron chi connectivity index (χ1n) is 8.46. The number of rotatable bonds is 4. The van der Waals surface area contributed by atoms with Crippen LogP contribution >= 0.6 is 0 Å². The van der Waals surface area contributed by atoms with E-state index in [1.165, 1.54) is 0 Å². The van der Waals surface area contributed by atoms with E-state index in [0.717, 1.165) is 5.56 Å². The molecule has 5 atom stereocenters. The Hall–Kier alpha value is -2.14. The molecule has 0 radical (unpaired) electrons. The third-order valence-electron chi connectivity index (χ3n) is 5.44. The van der Waals surface area contributed by atoms with Crippen LogP contribution in [0.25, 0.3) is 0 Å². The van der Waals surface area contributed by atoms with Crippen molar-refractivity contribution in [3.8, 4) is 0 Å². The predicted molar refractivity (Wildman–Crippen MR) is 86.9 cm³/mol. The fraction of sp³-hybridized carbons (Fsp3) is 0.474. The van der Waals surface area contributed by atoms with Gasteiger partial charge in [-0.05, 0) is 19.4 Å². The monoisotopic (exact) mass is 327 g/mol. The number of likely N-dealkylation sites (tertiary alicyclic amines) is 1. The summed E-state index contributed by atoms with van der Waals surface area (Å²) in [6.45, 7) is 4.58. The van der Waals surface area contributed by atoms with E-state index in [1.54, 1.807) is 6.92 Å². The maximum Gasteiger partial charge on any atom is 0.312 e. The lowest BCUT2D eigenvalue weighted by atomic mass is 9.77. The summed E-state index contributed by atoms with van der Waals surface area (Å²) in [4.78, 5) is 27.3. The topological polar surface area (TPSA) is 55.8 Å². The van der Waals surface area contributed by atoms with Crippen LogP contribution in [0.2, 0.25) is 0 Å². The van der Waals surface area contributed by atoms with Gasteiger partial charge in [0.15, 0.2) is 0 Å². The largest absolute Gasteiger partial charge is 0.466 e. The molecule has 2 bridgehead atoms. The molecule has 126 valence electrons. The first-order valence-corrected chi connectivity index (χ1v) is 8.46. The van der Waals surface area contributed by atoms with E-state index in [2.05, 4.69) is 0 Å². The summed E-state index contributed by atoms with van der Waals surface area (Å²) in [6, 6.07) is 9.86. The zero-order valence-corrected chi connectivity index (χ0v) is 13.8. The lowest BCUT2D eigenvalue weighted by Crippen LogP contribution is -2.40. The lowest BCUT2D eigenvalue weighted by Gasteiger charge is -2.27. The van der Waals surface area contributed by atoms with Crippen molar-refractivity contribution in [2.75, 3.05) is 13.2 Å². The highest BCUT2D eigenvalue weighted by atomic mass is 16.6. The normalized spacial score (nSPS) is 34.5. The average molecular weight is 327 g/mol. The zero-order valence-electron chi connectivity index (χ0n) is 13.8. The minimum atomic E-state index is -0.678. The van der Waals surface area contributed by atoms with Gasteiger partial charge in [-0.15, -0.1) is 0 Å². The van der Waals surface area contributed by atoms with Crippen LogP contribution in [0.4, 0.5) is 0 Å². The summed E-state index contributed by atoms with van der Waals surface area (Å²) in [5, 5.41) is 0. The molecule has 2 unspecified atom stereocenters. The van der Waals surface area contributed by atoms with Gasteiger partial charge in [-0.1, -0.05) is 42.5 Å². The Balaban J connectivity index is 1.64. The van der Waals surface area contributed by atoms with Gasteiger partial charge in [-0.25, -0.2) is 0 Å². The molecule has 4 rings (SSSR count). The van der Waals surface area contributed by atoms with Crippen molar-refractivity contribution in [2.24, 2.45) is 11.8 Å². The number of carbonyl (C=O) groups excluding carboxylic acids is 2. The molecule has 5 heteroatoms. The summed E-state index contributed by atoms with van der Waals surface area (Å²) in [5.41, 5.74) is 0.399. The molecule has 2 saturated heterocycles. The minimum absolute atomic E-state index is 0.0174. The number of hydrogen-bond acceptors (Lipinski definition) is 4. The molecule has 1 aromatic carbocycles. The molecule has 0 aromatic heterocycles. The number of ether oxygens (including phenoxy) is 2. The molecule has 5 nitrogen and oxygen atoms in total. The van der Waals surface area contributed by atoms with Crippen molar-refractivity contribution in [3.63, 3.8) is 0 Å². The number of esters is 1. The predicted octanol–water partition coefficient (Wildman–Crippen LogP) is 2.09. The van der Waals surface area contributed by atoms with Crippen LogP contribution in [-0.2, 0) is 19.1 Å². The molecule has 3 aliphatic heterocycles. The summed E-state index contributed by atoms with van der Waals surface area (Å²) < 4.78 is 11.3. The van der Waals surface area contributed by atoms with Gasteiger partial charge < -0.3 is 14.4 Å². The van der Waals surface area contributed by atoms with E-state index >= 15 is 0 Å². The van der Waals surface area contributed by atoms with Gasteiger partial charge in [0.25, 0.3) is 0 Å². The molecule has 0 aliphatic carbocycles. The maximum atomic E-state index is 13.1. The van der Waals surface area contributed by atoms with E-state index in [1.807, 2.05) is 54.3 Å². The molecule has 1 spiro atoms. The van der Waals surface area contributed by atoms with E-state index < -0.39 is 17.4 Å². The van der Waals surface area contributed by atoms with E-state index in [9.17, 15) is 9.59 Å². The zero-order chi connectivity index (χ0) is 16.9.